The maximum atomic E-state index is 6.18. The minimum Gasteiger partial charge on any atom is -0.399 e. The molecule has 0 spiro atoms. The minimum absolute atomic E-state index is 0.479. The number of anilines is 2. The number of aromatic nitrogens is 3. The molecule has 0 amide bonds. The van der Waals surface area contributed by atoms with Crippen molar-refractivity contribution in [3.05, 3.63) is 41.9 Å². The van der Waals surface area contributed by atoms with Crippen LogP contribution in [0.2, 0.25) is 0 Å². The van der Waals surface area contributed by atoms with Crippen molar-refractivity contribution >= 4 is 17.0 Å². The lowest BCUT2D eigenvalue weighted by Crippen LogP contribution is -2.36. The fourth-order valence-electron chi connectivity index (χ4n) is 3.30. The van der Waals surface area contributed by atoms with Crippen LogP contribution in [-0.2, 0) is 11.3 Å². The number of aryl methyl sites for hydroxylation is 1. The first-order valence-corrected chi connectivity index (χ1v) is 8.41. The predicted octanol–water partition coefficient (Wildman–Crippen LogP) is 1.70. The molecule has 0 saturated carbocycles. The fourth-order valence-corrected chi connectivity index (χ4v) is 3.30. The summed E-state index contributed by atoms with van der Waals surface area (Å²) in [5.41, 5.74) is 18.0. The van der Waals surface area contributed by atoms with E-state index in [1.807, 2.05) is 23.6 Å². The lowest BCUT2D eigenvalue weighted by atomic mass is 10.0. The quantitative estimate of drug-likeness (QED) is 0.706. The highest BCUT2D eigenvalue weighted by Crippen LogP contribution is 2.32. The molecule has 0 bridgehead atoms. The summed E-state index contributed by atoms with van der Waals surface area (Å²) in [5.74, 6) is 0.479. The molecular formula is C18H22N6O. The Morgan fingerprint density at radius 1 is 1.16 bits per heavy atom. The molecular weight excluding hydrogens is 316 g/mol. The second-order valence-electron chi connectivity index (χ2n) is 6.41. The van der Waals surface area contributed by atoms with E-state index in [-0.39, 0.29) is 0 Å². The largest absolute Gasteiger partial charge is 0.399 e. The first-order chi connectivity index (χ1) is 12.1. The topological polar surface area (TPSA) is 94.7 Å². The van der Waals surface area contributed by atoms with Crippen LogP contribution in [0.5, 0.6) is 0 Å². The van der Waals surface area contributed by atoms with Crippen molar-refractivity contribution in [1.82, 2.24) is 19.5 Å². The molecule has 1 fully saturated rings. The molecule has 3 aromatic rings. The van der Waals surface area contributed by atoms with Gasteiger partial charge < -0.3 is 16.2 Å². The smallest absolute Gasteiger partial charge is 0.151 e. The first kappa shape index (κ1) is 15.9. The maximum Gasteiger partial charge on any atom is 0.151 e. The van der Waals surface area contributed by atoms with Crippen molar-refractivity contribution in [2.24, 2.45) is 0 Å². The van der Waals surface area contributed by atoms with Gasteiger partial charge in [0.15, 0.2) is 5.82 Å². The average Bonchev–Trinajstić information content (AvgIpc) is 2.98. The number of nitrogens with zero attached hydrogens (tertiary/aromatic N) is 4. The molecule has 0 radical (unpaired) electrons. The Bertz CT molecular complexity index is 913. The van der Waals surface area contributed by atoms with Gasteiger partial charge in [-0.25, -0.2) is 9.50 Å². The molecule has 1 aliphatic heterocycles. The third-order valence-corrected chi connectivity index (χ3v) is 4.73. The Morgan fingerprint density at radius 3 is 2.72 bits per heavy atom. The molecule has 1 saturated heterocycles. The second kappa shape index (κ2) is 6.34. The highest BCUT2D eigenvalue weighted by atomic mass is 16.5. The third-order valence-electron chi connectivity index (χ3n) is 4.73. The van der Waals surface area contributed by atoms with Gasteiger partial charge in [-0.2, -0.15) is 5.10 Å². The van der Waals surface area contributed by atoms with E-state index < -0.39 is 0 Å². The zero-order chi connectivity index (χ0) is 17.4. The van der Waals surface area contributed by atoms with Gasteiger partial charge in [0.1, 0.15) is 11.8 Å². The summed E-state index contributed by atoms with van der Waals surface area (Å²) >= 11 is 0. The lowest BCUT2D eigenvalue weighted by Gasteiger charge is -2.26. The Kier molecular flexibility index (Phi) is 4.03. The molecule has 25 heavy (non-hydrogen) atoms. The van der Waals surface area contributed by atoms with Crippen molar-refractivity contribution < 1.29 is 4.74 Å². The standard InChI is InChI=1S/C18H22N6O/c1-12-8-13(2-3-16(12)19)15-9-14(10-23-4-6-25-7-5-23)24-17(15)18(20)21-11-22-24/h2-3,8-9,11H,4-7,10,19H2,1H3,(H2,20,21,22). The molecule has 0 aliphatic carbocycles. The summed E-state index contributed by atoms with van der Waals surface area (Å²) in [6.07, 6.45) is 1.50. The van der Waals surface area contributed by atoms with E-state index in [2.05, 4.69) is 27.1 Å². The van der Waals surface area contributed by atoms with Crippen molar-refractivity contribution in [2.45, 2.75) is 13.5 Å². The average molecular weight is 338 g/mol. The summed E-state index contributed by atoms with van der Waals surface area (Å²) in [5, 5.41) is 4.44. The molecule has 7 nitrogen and oxygen atoms in total. The predicted molar refractivity (Wildman–Crippen MR) is 98.1 cm³/mol. The lowest BCUT2D eigenvalue weighted by molar-refractivity contribution is 0.0334. The summed E-state index contributed by atoms with van der Waals surface area (Å²) in [7, 11) is 0. The summed E-state index contributed by atoms with van der Waals surface area (Å²) < 4.78 is 7.34. The maximum absolute atomic E-state index is 6.18. The van der Waals surface area contributed by atoms with Gasteiger partial charge in [0.2, 0.25) is 0 Å². The molecule has 1 aromatic carbocycles. The number of benzene rings is 1. The van der Waals surface area contributed by atoms with Crippen molar-refractivity contribution in [3.8, 4) is 11.1 Å². The molecule has 4 N–H and O–H groups in total. The van der Waals surface area contributed by atoms with Crippen LogP contribution in [0.25, 0.3) is 16.6 Å². The van der Waals surface area contributed by atoms with E-state index in [4.69, 9.17) is 16.2 Å². The first-order valence-electron chi connectivity index (χ1n) is 8.41. The SMILES string of the molecule is Cc1cc(-c2cc(CN3CCOCC3)n3ncnc(N)c23)ccc1N. The molecule has 0 atom stereocenters. The normalized spacial score (nSPS) is 15.7. The Labute approximate surface area is 146 Å². The van der Waals surface area contributed by atoms with Crippen molar-refractivity contribution in [3.63, 3.8) is 0 Å². The monoisotopic (exact) mass is 338 g/mol. The summed E-state index contributed by atoms with van der Waals surface area (Å²) in [4.78, 5) is 6.54. The van der Waals surface area contributed by atoms with Gasteiger partial charge in [-0.3, -0.25) is 4.90 Å². The minimum atomic E-state index is 0.479. The van der Waals surface area contributed by atoms with Gasteiger partial charge >= 0.3 is 0 Å². The molecule has 3 heterocycles. The third kappa shape index (κ3) is 2.92. The van der Waals surface area contributed by atoms with Gasteiger partial charge in [-0.1, -0.05) is 6.07 Å². The summed E-state index contributed by atoms with van der Waals surface area (Å²) in [6.45, 7) is 6.18. The molecule has 2 aromatic heterocycles. The van der Waals surface area contributed by atoms with Gasteiger partial charge in [-0.15, -0.1) is 0 Å². The van der Waals surface area contributed by atoms with Crippen LogP contribution in [0, 0.1) is 6.92 Å². The second-order valence-corrected chi connectivity index (χ2v) is 6.41. The van der Waals surface area contributed by atoms with Crippen LogP contribution in [0.15, 0.2) is 30.6 Å². The number of hydrogen-bond donors (Lipinski definition) is 2. The number of morpholine rings is 1. The number of ether oxygens (including phenoxy) is 1. The van der Waals surface area contributed by atoms with Gasteiger partial charge in [0, 0.05) is 30.9 Å². The van der Waals surface area contributed by atoms with Crippen LogP contribution >= 0.6 is 0 Å². The van der Waals surface area contributed by atoms with E-state index in [0.717, 1.165) is 66.4 Å². The Balaban J connectivity index is 1.82. The molecule has 130 valence electrons. The number of fused-ring (bicyclic) bond motifs is 1. The van der Waals surface area contributed by atoms with Crippen molar-refractivity contribution in [1.29, 1.82) is 0 Å². The van der Waals surface area contributed by atoms with E-state index in [9.17, 15) is 0 Å². The highest BCUT2D eigenvalue weighted by Gasteiger charge is 2.18. The molecule has 7 heteroatoms. The zero-order valence-electron chi connectivity index (χ0n) is 14.3. The van der Waals surface area contributed by atoms with Gasteiger partial charge in [0.05, 0.1) is 18.9 Å². The Hall–Kier alpha value is -2.64. The van der Waals surface area contributed by atoms with Crippen LogP contribution in [0.4, 0.5) is 11.5 Å². The van der Waals surface area contributed by atoms with E-state index >= 15 is 0 Å². The number of nitrogens with two attached hydrogens (primary N) is 2. The molecule has 0 unspecified atom stereocenters. The number of rotatable bonds is 3. The summed E-state index contributed by atoms with van der Waals surface area (Å²) in [6, 6.07) is 8.18. The van der Waals surface area contributed by atoms with Crippen LogP contribution in [0.3, 0.4) is 0 Å². The van der Waals surface area contributed by atoms with Crippen LogP contribution in [-0.4, -0.2) is 45.8 Å². The molecule has 1 aliphatic rings. The van der Waals surface area contributed by atoms with Crippen molar-refractivity contribution in [2.75, 3.05) is 37.8 Å². The Morgan fingerprint density at radius 2 is 1.96 bits per heavy atom. The van der Waals surface area contributed by atoms with Gasteiger partial charge in [0.25, 0.3) is 0 Å². The number of hydrogen-bond acceptors (Lipinski definition) is 6. The number of nitrogen functional groups attached to an aromatic ring is 2. The highest BCUT2D eigenvalue weighted by molar-refractivity contribution is 5.88. The molecule has 4 rings (SSSR count). The van der Waals surface area contributed by atoms with Crippen LogP contribution < -0.4 is 11.5 Å². The van der Waals surface area contributed by atoms with Gasteiger partial charge in [-0.05, 0) is 36.2 Å². The van der Waals surface area contributed by atoms with Crippen LogP contribution in [0.1, 0.15) is 11.3 Å². The van der Waals surface area contributed by atoms with E-state index in [0.29, 0.717) is 5.82 Å². The van der Waals surface area contributed by atoms with E-state index in [1.54, 1.807) is 0 Å². The van der Waals surface area contributed by atoms with E-state index in [1.165, 1.54) is 6.33 Å². The fraction of sp³-hybridized carbons (Fsp3) is 0.333. The zero-order valence-corrected chi connectivity index (χ0v) is 14.3.